The molecular formula is C19H20ClN3. The van der Waals surface area contributed by atoms with Crippen molar-refractivity contribution >= 4 is 11.6 Å². The van der Waals surface area contributed by atoms with Crippen molar-refractivity contribution < 1.29 is 0 Å². The van der Waals surface area contributed by atoms with Gasteiger partial charge in [0.15, 0.2) is 0 Å². The van der Waals surface area contributed by atoms with Crippen LogP contribution in [0.5, 0.6) is 0 Å². The molecule has 1 aliphatic rings. The smallest absolute Gasteiger partial charge is 0.0827 e. The molecule has 0 amide bonds. The van der Waals surface area contributed by atoms with Crippen LogP contribution >= 0.6 is 11.6 Å². The minimum absolute atomic E-state index is 0.568. The molecule has 0 radical (unpaired) electrons. The third-order valence-electron chi connectivity index (χ3n) is 4.13. The molecule has 0 saturated carbocycles. The molecule has 2 N–H and O–H groups in total. The van der Waals surface area contributed by atoms with Crippen molar-refractivity contribution in [2.75, 3.05) is 14.1 Å². The zero-order valence-corrected chi connectivity index (χ0v) is 14.1. The molecule has 23 heavy (non-hydrogen) atoms. The van der Waals surface area contributed by atoms with Crippen molar-refractivity contribution in [3.05, 3.63) is 77.2 Å². The van der Waals surface area contributed by atoms with Crippen LogP contribution in [-0.2, 0) is 5.54 Å². The second-order valence-corrected chi connectivity index (χ2v) is 6.51. The van der Waals surface area contributed by atoms with Gasteiger partial charge in [-0.1, -0.05) is 42.0 Å². The second-order valence-electron chi connectivity index (χ2n) is 6.07. The molecule has 2 aromatic rings. The Morgan fingerprint density at radius 1 is 1.17 bits per heavy atom. The normalized spacial score (nSPS) is 20.3. The van der Waals surface area contributed by atoms with Gasteiger partial charge in [-0.3, -0.25) is 4.98 Å². The molecule has 1 aromatic carbocycles. The number of halogens is 1. The summed E-state index contributed by atoms with van der Waals surface area (Å²) in [5, 5.41) is 0.720. The van der Waals surface area contributed by atoms with Crippen molar-refractivity contribution in [2.45, 2.75) is 12.0 Å². The van der Waals surface area contributed by atoms with Crippen LogP contribution in [0.3, 0.4) is 0 Å². The SMILES string of the molecule is CN(C)C1=CC=CC(N)(c2ccc(-c3cccc(Cl)c3)cn2)C1. The van der Waals surface area contributed by atoms with Crippen molar-refractivity contribution in [3.63, 3.8) is 0 Å². The third kappa shape index (κ3) is 3.31. The molecule has 1 unspecified atom stereocenters. The van der Waals surface area contributed by atoms with E-state index >= 15 is 0 Å². The van der Waals surface area contributed by atoms with Crippen LogP contribution in [-0.4, -0.2) is 24.0 Å². The molecule has 0 aliphatic heterocycles. The van der Waals surface area contributed by atoms with Crippen LogP contribution in [0.1, 0.15) is 12.1 Å². The van der Waals surface area contributed by atoms with Crippen LogP contribution in [0.4, 0.5) is 0 Å². The van der Waals surface area contributed by atoms with E-state index in [0.29, 0.717) is 0 Å². The third-order valence-corrected chi connectivity index (χ3v) is 4.36. The summed E-state index contributed by atoms with van der Waals surface area (Å²) < 4.78 is 0. The van der Waals surface area contributed by atoms with E-state index in [1.54, 1.807) is 0 Å². The molecule has 3 nitrogen and oxygen atoms in total. The van der Waals surface area contributed by atoms with Gasteiger partial charge in [-0.25, -0.2) is 0 Å². The quantitative estimate of drug-likeness (QED) is 0.928. The number of rotatable bonds is 3. The number of benzene rings is 1. The van der Waals surface area contributed by atoms with E-state index in [4.69, 9.17) is 17.3 Å². The van der Waals surface area contributed by atoms with Gasteiger partial charge in [-0.05, 0) is 29.8 Å². The Morgan fingerprint density at radius 3 is 2.65 bits per heavy atom. The van der Waals surface area contributed by atoms with Crippen LogP contribution in [0.2, 0.25) is 5.02 Å². The van der Waals surface area contributed by atoms with Crippen molar-refractivity contribution in [1.82, 2.24) is 9.88 Å². The summed E-state index contributed by atoms with van der Waals surface area (Å²) >= 11 is 6.06. The lowest BCUT2D eigenvalue weighted by molar-refractivity contribution is 0.419. The maximum Gasteiger partial charge on any atom is 0.0827 e. The number of hydrogen-bond donors (Lipinski definition) is 1. The predicted molar refractivity (Wildman–Crippen MR) is 96.1 cm³/mol. The molecule has 0 bridgehead atoms. The van der Waals surface area contributed by atoms with E-state index in [0.717, 1.165) is 28.3 Å². The number of nitrogens with two attached hydrogens (primary N) is 1. The van der Waals surface area contributed by atoms with E-state index in [9.17, 15) is 0 Å². The zero-order chi connectivity index (χ0) is 16.4. The number of nitrogens with zero attached hydrogens (tertiary/aromatic N) is 2. The molecule has 1 heterocycles. The maximum atomic E-state index is 6.58. The second kappa shape index (κ2) is 6.19. The summed E-state index contributed by atoms with van der Waals surface area (Å²) in [5.74, 6) is 0. The Bertz CT molecular complexity index is 762. The van der Waals surface area contributed by atoms with Crippen LogP contribution in [0.15, 0.2) is 66.5 Å². The number of hydrogen-bond acceptors (Lipinski definition) is 3. The highest BCUT2D eigenvalue weighted by atomic mass is 35.5. The average Bonchev–Trinajstić information content (AvgIpc) is 2.55. The zero-order valence-electron chi connectivity index (χ0n) is 13.3. The van der Waals surface area contributed by atoms with Gasteiger partial charge in [0.2, 0.25) is 0 Å². The first-order valence-electron chi connectivity index (χ1n) is 7.55. The van der Waals surface area contributed by atoms with Gasteiger partial charge in [0, 0.05) is 43.0 Å². The fourth-order valence-electron chi connectivity index (χ4n) is 2.74. The van der Waals surface area contributed by atoms with Gasteiger partial charge >= 0.3 is 0 Å². The molecule has 3 rings (SSSR count). The molecule has 0 fully saturated rings. The van der Waals surface area contributed by atoms with Crippen molar-refractivity contribution in [3.8, 4) is 11.1 Å². The number of pyridine rings is 1. The Hall–Kier alpha value is -2.10. The molecular weight excluding hydrogens is 306 g/mol. The van der Waals surface area contributed by atoms with Gasteiger partial charge in [0.05, 0.1) is 11.2 Å². The highest BCUT2D eigenvalue weighted by Crippen LogP contribution is 2.31. The first kappa shape index (κ1) is 15.8. The summed E-state index contributed by atoms with van der Waals surface area (Å²) in [4.78, 5) is 6.70. The van der Waals surface area contributed by atoms with E-state index in [-0.39, 0.29) is 0 Å². The highest BCUT2D eigenvalue weighted by molar-refractivity contribution is 6.30. The monoisotopic (exact) mass is 325 g/mol. The van der Waals surface area contributed by atoms with Gasteiger partial charge in [-0.2, -0.15) is 0 Å². The molecule has 1 aromatic heterocycles. The van der Waals surface area contributed by atoms with Crippen LogP contribution in [0.25, 0.3) is 11.1 Å². The van der Waals surface area contributed by atoms with Crippen LogP contribution < -0.4 is 5.73 Å². The molecule has 1 aliphatic carbocycles. The Balaban J connectivity index is 1.88. The lowest BCUT2D eigenvalue weighted by Gasteiger charge is -2.32. The minimum atomic E-state index is -0.568. The van der Waals surface area contributed by atoms with Gasteiger partial charge in [0.25, 0.3) is 0 Å². The lowest BCUT2D eigenvalue weighted by atomic mass is 9.86. The minimum Gasteiger partial charge on any atom is -0.381 e. The fourth-order valence-corrected chi connectivity index (χ4v) is 2.93. The van der Waals surface area contributed by atoms with Gasteiger partial charge in [0.1, 0.15) is 0 Å². The summed E-state index contributed by atoms with van der Waals surface area (Å²) in [6.07, 6.45) is 8.70. The van der Waals surface area contributed by atoms with E-state index < -0.39 is 5.54 Å². The topological polar surface area (TPSA) is 42.1 Å². The maximum absolute atomic E-state index is 6.58. The largest absolute Gasteiger partial charge is 0.381 e. The van der Waals surface area contributed by atoms with E-state index in [1.807, 2.05) is 68.8 Å². The van der Waals surface area contributed by atoms with E-state index in [1.165, 1.54) is 5.70 Å². The first-order valence-corrected chi connectivity index (χ1v) is 7.93. The molecule has 118 valence electrons. The fraction of sp³-hybridized carbons (Fsp3) is 0.211. The molecule has 4 heteroatoms. The van der Waals surface area contributed by atoms with Crippen LogP contribution in [0, 0.1) is 0 Å². The molecule has 0 spiro atoms. The average molecular weight is 326 g/mol. The molecule has 0 saturated heterocycles. The number of allylic oxidation sites excluding steroid dienone is 2. The predicted octanol–water partition coefficient (Wildman–Crippen LogP) is 3.96. The number of aromatic nitrogens is 1. The summed E-state index contributed by atoms with van der Waals surface area (Å²) in [7, 11) is 4.06. The standard InChI is InChI=1S/C19H20ClN3/c1-23(2)17-7-4-10-19(21,12-17)18-9-8-15(13-22-18)14-5-3-6-16(20)11-14/h3-11,13H,12,21H2,1-2H3. The first-order chi connectivity index (χ1) is 11.0. The Kier molecular flexibility index (Phi) is 4.24. The highest BCUT2D eigenvalue weighted by Gasteiger charge is 2.29. The van der Waals surface area contributed by atoms with E-state index in [2.05, 4.69) is 16.0 Å². The van der Waals surface area contributed by atoms with Crippen molar-refractivity contribution in [2.24, 2.45) is 5.73 Å². The van der Waals surface area contributed by atoms with Gasteiger partial charge in [-0.15, -0.1) is 0 Å². The van der Waals surface area contributed by atoms with Gasteiger partial charge < -0.3 is 10.6 Å². The summed E-state index contributed by atoms with van der Waals surface area (Å²) in [6, 6.07) is 11.8. The van der Waals surface area contributed by atoms with Crippen molar-refractivity contribution in [1.29, 1.82) is 0 Å². The molecule has 1 atom stereocenters. The summed E-state index contributed by atoms with van der Waals surface area (Å²) in [5.41, 5.74) is 10.2. The lowest BCUT2D eigenvalue weighted by Crippen LogP contribution is -2.38. The summed E-state index contributed by atoms with van der Waals surface area (Å²) in [6.45, 7) is 0. The Morgan fingerprint density at radius 2 is 2.00 bits per heavy atom. The Labute approximate surface area is 142 Å².